The number of ether oxygens (including phenoxy) is 1. The summed E-state index contributed by atoms with van der Waals surface area (Å²) in [6, 6.07) is 5.14. The van der Waals surface area contributed by atoms with Crippen molar-refractivity contribution < 1.29 is 14.6 Å². The molecule has 0 unspecified atom stereocenters. The molecule has 0 aliphatic carbocycles. The molecule has 1 aromatic carbocycles. The van der Waals surface area contributed by atoms with E-state index in [1.54, 1.807) is 18.2 Å². The molecule has 1 amide bonds. The number of carbonyl (C=O) groups is 1. The van der Waals surface area contributed by atoms with Crippen molar-refractivity contribution in [3.63, 3.8) is 0 Å². The molecule has 0 radical (unpaired) electrons. The Kier molecular flexibility index (Phi) is 6.75. The highest BCUT2D eigenvalue weighted by atomic mass is 79.9. The van der Waals surface area contributed by atoms with Crippen molar-refractivity contribution in [2.75, 3.05) is 20.3 Å². The minimum absolute atomic E-state index is 0.0724. The molecule has 104 valence electrons. The summed E-state index contributed by atoms with van der Waals surface area (Å²) in [6.45, 7) is 0.578. The van der Waals surface area contributed by atoms with Crippen LogP contribution in [0.3, 0.4) is 0 Å². The zero-order chi connectivity index (χ0) is 14.3. The fourth-order valence-electron chi connectivity index (χ4n) is 1.35. The summed E-state index contributed by atoms with van der Waals surface area (Å²) in [7, 11) is 1.50. The van der Waals surface area contributed by atoms with E-state index < -0.39 is 0 Å². The maximum atomic E-state index is 12.0. The van der Waals surface area contributed by atoms with E-state index in [2.05, 4.69) is 26.6 Å². The quantitative estimate of drug-likeness (QED) is 0.556. The van der Waals surface area contributed by atoms with E-state index in [4.69, 9.17) is 22.1 Å². The van der Waals surface area contributed by atoms with Crippen LogP contribution in [0.1, 0.15) is 16.8 Å². The summed E-state index contributed by atoms with van der Waals surface area (Å²) in [5.41, 5.74) is 0.392. The molecule has 0 atom stereocenters. The molecule has 0 spiro atoms. The first-order chi connectivity index (χ1) is 9.08. The third kappa shape index (κ3) is 5.14. The van der Waals surface area contributed by atoms with E-state index in [-0.39, 0.29) is 17.6 Å². The highest BCUT2D eigenvalue weighted by Gasteiger charge is 2.13. The first-order valence-corrected chi connectivity index (χ1v) is 6.82. The van der Waals surface area contributed by atoms with Crippen molar-refractivity contribution in [3.05, 3.63) is 28.2 Å². The lowest BCUT2D eigenvalue weighted by Gasteiger charge is -2.11. The highest BCUT2D eigenvalue weighted by molar-refractivity contribution is 9.10. The molecule has 0 saturated heterocycles. The van der Waals surface area contributed by atoms with Crippen LogP contribution in [0.5, 0.6) is 5.75 Å². The van der Waals surface area contributed by atoms with Gasteiger partial charge in [-0.05, 0) is 36.8 Å². The number of thiocarbonyl (C=S) groups is 1. The van der Waals surface area contributed by atoms with Crippen LogP contribution in [-0.2, 0) is 0 Å². The number of benzene rings is 1. The second-order valence-corrected chi connectivity index (χ2v) is 4.96. The fourth-order valence-corrected chi connectivity index (χ4v) is 1.91. The van der Waals surface area contributed by atoms with Gasteiger partial charge < -0.3 is 15.2 Å². The Morgan fingerprint density at radius 2 is 2.26 bits per heavy atom. The Bertz CT molecular complexity index is 468. The average molecular weight is 347 g/mol. The second-order valence-electron chi connectivity index (χ2n) is 3.63. The third-order valence-electron chi connectivity index (χ3n) is 2.25. The van der Waals surface area contributed by atoms with Gasteiger partial charge in [0.1, 0.15) is 5.75 Å². The van der Waals surface area contributed by atoms with Gasteiger partial charge in [0.05, 0.1) is 12.7 Å². The van der Waals surface area contributed by atoms with E-state index in [1.807, 2.05) is 0 Å². The number of amides is 1. The van der Waals surface area contributed by atoms with E-state index >= 15 is 0 Å². The van der Waals surface area contributed by atoms with Crippen molar-refractivity contribution >= 4 is 39.2 Å². The van der Waals surface area contributed by atoms with E-state index in [0.29, 0.717) is 24.3 Å². The van der Waals surface area contributed by atoms with Crippen molar-refractivity contribution in [2.45, 2.75) is 6.42 Å². The smallest absolute Gasteiger partial charge is 0.261 e. The molecular weight excluding hydrogens is 332 g/mol. The van der Waals surface area contributed by atoms with Crippen LogP contribution in [0.4, 0.5) is 0 Å². The summed E-state index contributed by atoms with van der Waals surface area (Å²) >= 11 is 8.28. The topological polar surface area (TPSA) is 70.6 Å². The molecule has 1 rings (SSSR count). The van der Waals surface area contributed by atoms with E-state index in [0.717, 1.165) is 4.47 Å². The summed E-state index contributed by atoms with van der Waals surface area (Å²) in [6.07, 6.45) is 0.566. The Morgan fingerprint density at radius 3 is 2.89 bits per heavy atom. The van der Waals surface area contributed by atoms with Gasteiger partial charge in [0.25, 0.3) is 5.91 Å². The van der Waals surface area contributed by atoms with Gasteiger partial charge in [0, 0.05) is 17.6 Å². The SMILES string of the molecule is COc1ccc(Br)cc1C(=O)NC(=S)NCCCO. The molecule has 0 aliphatic heterocycles. The Labute approximate surface area is 125 Å². The summed E-state index contributed by atoms with van der Waals surface area (Å²) in [5.74, 6) is 0.124. The summed E-state index contributed by atoms with van der Waals surface area (Å²) in [4.78, 5) is 12.0. The molecule has 0 aliphatic rings. The molecule has 0 aromatic heterocycles. The number of hydrogen-bond donors (Lipinski definition) is 3. The van der Waals surface area contributed by atoms with Crippen LogP contribution in [0.2, 0.25) is 0 Å². The standard InChI is InChI=1S/C12H15BrN2O3S/c1-18-10-4-3-8(13)7-9(10)11(17)15-12(19)14-5-2-6-16/h3-4,7,16H,2,5-6H2,1H3,(H2,14,15,17,19). The lowest BCUT2D eigenvalue weighted by molar-refractivity contribution is 0.0973. The predicted octanol–water partition coefficient (Wildman–Crippen LogP) is 1.44. The Morgan fingerprint density at radius 1 is 1.53 bits per heavy atom. The van der Waals surface area contributed by atoms with Crippen molar-refractivity contribution in [3.8, 4) is 5.75 Å². The molecule has 1 aromatic rings. The van der Waals surface area contributed by atoms with Gasteiger partial charge in [-0.25, -0.2) is 0 Å². The van der Waals surface area contributed by atoms with Gasteiger partial charge in [0.2, 0.25) is 0 Å². The molecule has 0 fully saturated rings. The van der Waals surface area contributed by atoms with Crippen LogP contribution < -0.4 is 15.4 Å². The Hall–Kier alpha value is -1.18. The maximum Gasteiger partial charge on any atom is 0.261 e. The lowest BCUT2D eigenvalue weighted by Crippen LogP contribution is -2.39. The molecule has 0 bridgehead atoms. The summed E-state index contributed by atoms with van der Waals surface area (Å²) in [5, 5.41) is 14.2. The molecular formula is C12H15BrN2O3S. The molecule has 0 heterocycles. The highest BCUT2D eigenvalue weighted by Crippen LogP contribution is 2.22. The van der Waals surface area contributed by atoms with Gasteiger partial charge >= 0.3 is 0 Å². The zero-order valence-corrected chi connectivity index (χ0v) is 12.8. The number of halogens is 1. The van der Waals surface area contributed by atoms with Crippen molar-refractivity contribution in [2.24, 2.45) is 0 Å². The van der Waals surface area contributed by atoms with Crippen LogP contribution in [0.25, 0.3) is 0 Å². The minimum atomic E-state index is -0.348. The largest absolute Gasteiger partial charge is 0.496 e. The van der Waals surface area contributed by atoms with Crippen LogP contribution in [-0.4, -0.2) is 36.4 Å². The van der Waals surface area contributed by atoms with Crippen LogP contribution >= 0.6 is 28.1 Å². The van der Waals surface area contributed by atoms with E-state index in [1.165, 1.54) is 7.11 Å². The first-order valence-electron chi connectivity index (χ1n) is 5.62. The maximum absolute atomic E-state index is 12.0. The number of carbonyl (C=O) groups excluding carboxylic acids is 1. The molecule has 5 nitrogen and oxygen atoms in total. The minimum Gasteiger partial charge on any atom is -0.496 e. The second kappa shape index (κ2) is 8.08. The van der Waals surface area contributed by atoms with Gasteiger partial charge in [-0.15, -0.1) is 0 Å². The van der Waals surface area contributed by atoms with Crippen molar-refractivity contribution in [1.29, 1.82) is 0 Å². The number of aliphatic hydroxyl groups excluding tert-OH is 1. The van der Waals surface area contributed by atoms with Crippen LogP contribution in [0, 0.1) is 0 Å². The molecule has 3 N–H and O–H groups in total. The number of hydrogen-bond acceptors (Lipinski definition) is 4. The normalized spacial score (nSPS) is 9.84. The van der Waals surface area contributed by atoms with Gasteiger partial charge in [-0.2, -0.15) is 0 Å². The fraction of sp³-hybridized carbons (Fsp3) is 0.333. The molecule has 19 heavy (non-hydrogen) atoms. The zero-order valence-electron chi connectivity index (χ0n) is 10.4. The first kappa shape index (κ1) is 15.9. The predicted molar refractivity (Wildman–Crippen MR) is 80.5 cm³/mol. The van der Waals surface area contributed by atoms with Crippen LogP contribution in [0.15, 0.2) is 22.7 Å². The van der Waals surface area contributed by atoms with Crippen molar-refractivity contribution in [1.82, 2.24) is 10.6 Å². The van der Waals surface area contributed by atoms with Gasteiger partial charge in [-0.1, -0.05) is 15.9 Å². The number of nitrogens with one attached hydrogen (secondary N) is 2. The van der Waals surface area contributed by atoms with Gasteiger partial charge in [0.15, 0.2) is 5.11 Å². The van der Waals surface area contributed by atoms with E-state index in [9.17, 15) is 4.79 Å². The number of aliphatic hydroxyl groups is 1. The Balaban J connectivity index is 2.67. The number of rotatable bonds is 5. The lowest BCUT2D eigenvalue weighted by atomic mass is 10.2. The third-order valence-corrected chi connectivity index (χ3v) is 2.99. The number of methoxy groups -OCH3 is 1. The monoisotopic (exact) mass is 346 g/mol. The molecule has 7 heteroatoms. The van der Waals surface area contributed by atoms with Gasteiger partial charge in [-0.3, -0.25) is 10.1 Å². The molecule has 0 saturated carbocycles. The summed E-state index contributed by atoms with van der Waals surface area (Å²) < 4.78 is 5.90. The average Bonchev–Trinajstić information content (AvgIpc) is 2.39.